The smallest absolute Gasteiger partial charge is 0.0897 e. The van der Waals surface area contributed by atoms with Crippen molar-refractivity contribution in [2.45, 2.75) is 20.4 Å². The van der Waals surface area contributed by atoms with Crippen LogP contribution < -0.4 is 10.6 Å². The van der Waals surface area contributed by atoms with Crippen LogP contribution in [0.4, 0.5) is 0 Å². The van der Waals surface area contributed by atoms with Crippen LogP contribution >= 0.6 is 11.3 Å². The maximum Gasteiger partial charge on any atom is 0.0897 e. The van der Waals surface area contributed by atoms with Gasteiger partial charge in [0.25, 0.3) is 0 Å². The Morgan fingerprint density at radius 2 is 2.47 bits per heavy atom. The normalized spacial score (nSPS) is 26.0. The summed E-state index contributed by atoms with van der Waals surface area (Å²) in [6, 6.07) is 0. The third-order valence-electron chi connectivity index (χ3n) is 3.06. The van der Waals surface area contributed by atoms with Crippen LogP contribution in [0, 0.1) is 18.8 Å². The third-order valence-corrected chi connectivity index (χ3v) is 3.88. The van der Waals surface area contributed by atoms with Crippen molar-refractivity contribution in [2.24, 2.45) is 11.8 Å². The Hall–Kier alpha value is -0.450. The van der Waals surface area contributed by atoms with Crippen LogP contribution in [0.2, 0.25) is 0 Å². The van der Waals surface area contributed by atoms with E-state index in [9.17, 15) is 0 Å². The summed E-state index contributed by atoms with van der Waals surface area (Å²) in [6.45, 7) is 8.71. The molecule has 1 aromatic heterocycles. The van der Waals surface area contributed by atoms with Gasteiger partial charge in [0, 0.05) is 11.9 Å². The Kier molecular flexibility index (Phi) is 3.72. The van der Waals surface area contributed by atoms with Crippen LogP contribution in [0.5, 0.6) is 0 Å². The molecule has 0 aromatic carbocycles. The average Bonchev–Trinajstić information content (AvgIpc) is 2.77. The first kappa shape index (κ1) is 11.0. The number of thiazole rings is 1. The van der Waals surface area contributed by atoms with E-state index in [0.717, 1.165) is 36.5 Å². The van der Waals surface area contributed by atoms with Gasteiger partial charge in [-0.05, 0) is 38.4 Å². The molecule has 1 saturated heterocycles. The van der Waals surface area contributed by atoms with Gasteiger partial charge in [0.1, 0.15) is 0 Å². The topological polar surface area (TPSA) is 37.0 Å². The summed E-state index contributed by atoms with van der Waals surface area (Å²) in [5.41, 5.74) is 1.18. The van der Waals surface area contributed by atoms with Crippen molar-refractivity contribution in [3.63, 3.8) is 0 Å². The third kappa shape index (κ3) is 3.00. The zero-order chi connectivity index (χ0) is 10.7. The number of hydrogen-bond donors (Lipinski definition) is 2. The lowest BCUT2D eigenvalue weighted by Crippen LogP contribution is -2.26. The van der Waals surface area contributed by atoms with E-state index < -0.39 is 0 Å². The molecule has 15 heavy (non-hydrogen) atoms. The fraction of sp³-hybridized carbons (Fsp3) is 0.727. The lowest BCUT2D eigenvalue weighted by atomic mass is 9.98. The molecule has 1 aliphatic heterocycles. The van der Waals surface area contributed by atoms with Gasteiger partial charge in [0.2, 0.25) is 0 Å². The zero-order valence-electron chi connectivity index (χ0n) is 9.42. The molecule has 1 aliphatic rings. The Morgan fingerprint density at radius 1 is 1.60 bits per heavy atom. The minimum Gasteiger partial charge on any atom is -0.316 e. The Labute approximate surface area is 95.3 Å². The maximum atomic E-state index is 4.43. The minimum atomic E-state index is 0.782. The van der Waals surface area contributed by atoms with Gasteiger partial charge in [-0.15, -0.1) is 11.3 Å². The molecule has 0 saturated carbocycles. The van der Waals surface area contributed by atoms with E-state index in [1.54, 1.807) is 11.3 Å². The molecule has 0 bridgehead atoms. The molecule has 1 fully saturated rings. The molecule has 4 heteroatoms. The molecule has 1 aromatic rings. The van der Waals surface area contributed by atoms with Crippen LogP contribution in [0.1, 0.15) is 17.6 Å². The number of nitrogens with zero attached hydrogens (tertiary/aromatic N) is 1. The van der Waals surface area contributed by atoms with Crippen LogP contribution in [0.25, 0.3) is 0 Å². The summed E-state index contributed by atoms with van der Waals surface area (Å²) in [4.78, 5) is 4.43. The molecule has 0 amide bonds. The molecule has 2 unspecified atom stereocenters. The Morgan fingerprint density at radius 3 is 3.07 bits per heavy atom. The highest BCUT2D eigenvalue weighted by atomic mass is 32.1. The fourth-order valence-corrected chi connectivity index (χ4v) is 2.63. The number of nitrogens with one attached hydrogen (secondary N) is 2. The molecular weight excluding hydrogens is 206 g/mol. The number of hydrogen-bond acceptors (Lipinski definition) is 4. The first-order valence-corrected chi connectivity index (χ1v) is 6.46. The molecule has 0 spiro atoms. The van der Waals surface area contributed by atoms with Crippen molar-refractivity contribution in [3.8, 4) is 0 Å². The molecule has 84 valence electrons. The van der Waals surface area contributed by atoms with Crippen LogP contribution in [0.3, 0.4) is 0 Å². The fourth-order valence-electron chi connectivity index (χ4n) is 2.01. The van der Waals surface area contributed by atoms with E-state index in [1.807, 2.05) is 0 Å². The lowest BCUT2D eigenvalue weighted by Gasteiger charge is -2.14. The monoisotopic (exact) mass is 225 g/mol. The van der Waals surface area contributed by atoms with Crippen molar-refractivity contribution < 1.29 is 0 Å². The van der Waals surface area contributed by atoms with Gasteiger partial charge in [-0.1, -0.05) is 6.92 Å². The first-order chi connectivity index (χ1) is 7.25. The highest BCUT2D eigenvalue weighted by Gasteiger charge is 2.22. The minimum absolute atomic E-state index is 0.782. The van der Waals surface area contributed by atoms with Crippen LogP contribution in [0.15, 0.2) is 5.38 Å². The standard InChI is InChI=1S/C11H19N3S/c1-8-3-12-4-10(8)5-13-6-11-7-15-9(2)14-11/h7-8,10,12-13H,3-6H2,1-2H3. The molecule has 3 nitrogen and oxygen atoms in total. The summed E-state index contributed by atoms with van der Waals surface area (Å²) in [7, 11) is 0. The van der Waals surface area contributed by atoms with Crippen LogP contribution in [-0.4, -0.2) is 24.6 Å². The summed E-state index contributed by atoms with van der Waals surface area (Å²) in [6.07, 6.45) is 0. The quantitative estimate of drug-likeness (QED) is 0.813. The van der Waals surface area contributed by atoms with Gasteiger partial charge < -0.3 is 10.6 Å². The second kappa shape index (κ2) is 5.05. The lowest BCUT2D eigenvalue weighted by molar-refractivity contribution is 0.419. The molecule has 2 atom stereocenters. The second-order valence-corrected chi connectivity index (χ2v) is 5.45. The predicted octanol–water partition coefficient (Wildman–Crippen LogP) is 1.40. The summed E-state index contributed by atoms with van der Waals surface area (Å²) >= 11 is 1.72. The van der Waals surface area contributed by atoms with Gasteiger partial charge in [0.05, 0.1) is 10.7 Å². The molecule has 0 radical (unpaired) electrons. The molecule has 2 N–H and O–H groups in total. The summed E-state index contributed by atoms with van der Waals surface area (Å²) in [5.74, 6) is 1.58. The van der Waals surface area contributed by atoms with E-state index in [1.165, 1.54) is 12.2 Å². The first-order valence-electron chi connectivity index (χ1n) is 5.58. The van der Waals surface area contributed by atoms with Gasteiger partial charge in [-0.2, -0.15) is 0 Å². The van der Waals surface area contributed by atoms with Crippen molar-refractivity contribution >= 4 is 11.3 Å². The highest BCUT2D eigenvalue weighted by Crippen LogP contribution is 2.14. The maximum absolute atomic E-state index is 4.43. The van der Waals surface area contributed by atoms with Gasteiger partial charge in [-0.25, -0.2) is 4.98 Å². The molecular formula is C11H19N3S. The van der Waals surface area contributed by atoms with Crippen molar-refractivity contribution in [1.82, 2.24) is 15.6 Å². The predicted molar refractivity (Wildman–Crippen MR) is 64.1 cm³/mol. The van der Waals surface area contributed by atoms with Crippen LogP contribution in [-0.2, 0) is 6.54 Å². The highest BCUT2D eigenvalue weighted by molar-refractivity contribution is 7.09. The number of aromatic nitrogens is 1. The SMILES string of the molecule is Cc1nc(CNCC2CNCC2C)cs1. The van der Waals surface area contributed by atoms with E-state index in [4.69, 9.17) is 0 Å². The van der Waals surface area contributed by atoms with Gasteiger partial charge >= 0.3 is 0 Å². The van der Waals surface area contributed by atoms with Crippen molar-refractivity contribution in [2.75, 3.05) is 19.6 Å². The second-order valence-electron chi connectivity index (χ2n) is 4.38. The van der Waals surface area contributed by atoms with E-state index in [2.05, 4.69) is 34.8 Å². The Bertz CT molecular complexity index is 311. The van der Waals surface area contributed by atoms with Gasteiger partial charge in [-0.3, -0.25) is 0 Å². The molecule has 2 rings (SSSR count). The van der Waals surface area contributed by atoms with E-state index in [-0.39, 0.29) is 0 Å². The van der Waals surface area contributed by atoms with Crippen molar-refractivity contribution in [1.29, 1.82) is 0 Å². The zero-order valence-corrected chi connectivity index (χ0v) is 10.2. The Balaban J connectivity index is 1.70. The largest absolute Gasteiger partial charge is 0.316 e. The molecule has 2 heterocycles. The number of rotatable bonds is 4. The van der Waals surface area contributed by atoms with E-state index >= 15 is 0 Å². The van der Waals surface area contributed by atoms with E-state index in [0.29, 0.717) is 0 Å². The number of aryl methyl sites for hydroxylation is 1. The summed E-state index contributed by atoms with van der Waals surface area (Å²) in [5, 5.41) is 10.2. The van der Waals surface area contributed by atoms with Gasteiger partial charge in [0.15, 0.2) is 0 Å². The molecule has 0 aliphatic carbocycles. The summed E-state index contributed by atoms with van der Waals surface area (Å²) < 4.78 is 0. The average molecular weight is 225 g/mol. The van der Waals surface area contributed by atoms with Crippen molar-refractivity contribution in [3.05, 3.63) is 16.1 Å².